The van der Waals surface area contributed by atoms with E-state index in [1.165, 1.54) is 0 Å². The fourth-order valence-corrected chi connectivity index (χ4v) is 3.31. The normalized spacial score (nSPS) is 10.1. The monoisotopic (exact) mass is 391 g/mol. The molecule has 0 unspecified atom stereocenters. The molecule has 0 heterocycles. The van der Waals surface area contributed by atoms with Crippen molar-refractivity contribution in [3.63, 3.8) is 0 Å². The Morgan fingerprint density at radius 1 is 1.10 bits per heavy atom. The summed E-state index contributed by atoms with van der Waals surface area (Å²) in [6.07, 6.45) is 1.06. The molecular formula is C16H11Br2NO. The van der Waals surface area contributed by atoms with Crippen molar-refractivity contribution in [1.82, 2.24) is 0 Å². The summed E-state index contributed by atoms with van der Waals surface area (Å²) in [5.41, 5.74) is 2.18. The number of halogens is 2. The lowest BCUT2D eigenvalue weighted by molar-refractivity contribution is 0.0982. The van der Waals surface area contributed by atoms with Gasteiger partial charge in [0.1, 0.15) is 0 Å². The molecule has 0 aliphatic heterocycles. The predicted molar refractivity (Wildman–Crippen MR) is 85.7 cm³/mol. The van der Waals surface area contributed by atoms with Crippen molar-refractivity contribution in [2.24, 2.45) is 0 Å². The zero-order valence-electron chi connectivity index (χ0n) is 10.6. The molecule has 2 nitrogen and oxygen atoms in total. The molecule has 0 amide bonds. The van der Waals surface area contributed by atoms with E-state index in [-0.39, 0.29) is 5.78 Å². The summed E-state index contributed by atoms with van der Waals surface area (Å²) in [5, 5.41) is 8.85. The molecule has 0 aliphatic rings. The minimum atomic E-state index is 0.0461. The third-order valence-electron chi connectivity index (χ3n) is 2.98. The van der Waals surface area contributed by atoms with Crippen LogP contribution in [0.5, 0.6) is 0 Å². The van der Waals surface area contributed by atoms with Crippen LogP contribution in [0.25, 0.3) is 0 Å². The van der Waals surface area contributed by atoms with Gasteiger partial charge in [0.05, 0.1) is 11.6 Å². The Morgan fingerprint density at radius 3 is 2.40 bits per heavy atom. The van der Waals surface area contributed by atoms with Crippen LogP contribution in [-0.2, 0) is 6.42 Å². The number of benzene rings is 2. The molecule has 0 aromatic heterocycles. The Balaban J connectivity index is 2.11. The second-order valence-corrected chi connectivity index (χ2v) is 6.02. The number of rotatable bonds is 4. The summed E-state index contributed by atoms with van der Waals surface area (Å²) in [6, 6.07) is 14.7. The summed E-state index contributed by atoms with van der Waals surface area (Å²) in [6.45, 7) is 0. The van der Waals surface area contributed by atoms with Gasteiger partial charge in [-0.2, -0.15) is 5.26 Å². The van der Waals surface area contributed by atoms with Crippen molar-refractivity contribution >= 4 is 37.6 Å². The van der Waals surface area contributed by atoms with Crippen LogP contribution in [-0.4, -0.2) is 5.78 Å². The van der Waals surface area contributed by atoms with Crippen molar-refractivity contribution < 1.29 is 4.79 Å². The van der Waals surface area contributed by atoms with Crippen LogP contribution in [0, 0.1) is 11.3 Å². The first-order valence-corrected chi connectivity index (χ1v) is 7.66. The maximum absolute atomic E-state index is 12.2. The van der Waals surface area contributed by atoms with E-state index in [0.29, 0.717) is 24.0 Å². The Labute approximate surface area is 134 Å². The number of nitrogens with zero attached hydrogens (tertiary/aromatic N) is 1. The van der Waals surface area contributed by atoms with Crippen molar-refractivity contribution in [2.75, 3.05) is 0 Å². The van der Waals surface area contributed by atoms with E-state index in [2.05, 4.69) is 31.9 Å². The first-order valence-electron chi connectivity index (χ1n) is 6.08. The highest BCUT2D eigenvalue weighted by Crippen LogP contribution is 2.26. The summed E-state index contributed by atoms with van der Waals surface area (Å²) in [4.78, 5) is 12.2. The Bertz CT molecular complexity index is 669. The van der Waals surface area contributed by atoms with E-state index in [0.717, 1.165) is 14.5 Å². The molecule has 0 saturated carbocycles. The molecule has 2 aromatic rings. The molecule has 0 saturated heterocycles. The fraction of sp³-hybridized carbons (Fsp3) is 0.125. The maximum Gasteiger partial charge on any atom is 0.163 e. The van der Waals surface area contributed by atoms with Crippen LogP contribution in [0.15, 0.2) is 51.4 Å². The smallest absolute Gasteiger partial charge is 0.163 e. The average Bonchev–Trinajstić information content (AvgIpc) is 2.46. The Morgan fingerprint density at radius 2 is 1.75 bits per heavy atom. The number of carbonyl (C=O) groups is 1. The number of hydrogen-bond donors (Lipinski definition) is 0. The zero-order chi connectivity index (χ0) is 14.5. The maximum atomic E-state index is 12.2. The Kier molecular flexibility index (Phi) is 5.11. The number of nitriles is 1. The van der Waals surface area contributed by atoms with E-state index >= 15 is 0 Å². The highest BCUT2D eigenvalue weighted by atomic mass is 79.9. The van der Waals surface area contributed by atoms with Crippen LogP contribution < -0.4 is 0 Å². The van der Waals surface area contributed by atoms with Gasteiger partial charge in [-0.1, -0.05) is 50.1 Å². The van der Waals surface area contributed by atoms with Gasteiger partial charge < -0.3 is 0 Å². The topological polar surface area (TPSA) is 40.9 Å². The lowest BCUT2D eigenvalue weighted by Gasteiger charge is -2.07. The third-order valence-corrected chi connectivity index (χ3v) is 4.46. The minimum Gasteiger partial charge on any atom is -0.294 e. The first-order chi connectivity index (χ1) is 9.61. The number of Topliss-reactive ketones (excluding diaryl/α,β-unsaturated/α-hetero) is 1. The average molecular weight is 393 g/mol. The highest BCUT2D eigenvalue weighted by molar-refractivity contribution is 9.11. The molecule has 2 aromatic carbocycles. The van der Waals surface area contributed by atoms with Crippen LogP contribution in [0.1, 0.15) is 27.9 Å². The number of ketones is 1. The van der Waals surface area contributed by atoms with Gasteiger partial charge in [0, 0.05) is 20.9 Å². The second-order valence-electron chi connectivity index (χ2n) is 4.32. The molecule has 0 atom stereocenters. The fourth-order valence-electron chi connectivity index (χ4n) is 1.92. The molecule has 2 rings (SSSR count). The quantitative estimate of drug-likeness (QED) is 0.694. The van der Waals surface area contributed by atoms with E-state index in [9.17, 15) is 4.79 Å². The van der Waals surface area contributed by atoms with Gasteiger partial charge in [-0.15, -0.1) is 0 Å². The highest BCUT2D eigenvalue weighted by Gasteiger charge is 2.10. The third kappa shape index (κ3) is 3.56. The minimum absolute atomic E-state index is 0.0461. The van der Waals surface area contributed by atoms with Crippen LogP contribution in [0.2, 0.25) is 0 Å². The first kappa shape index (κ1) is 15.0. The van der Waals surface area contributed by atoms with Gasteiger partial charge in [0.2, 0.25) is 0 Å². The van der Waals surface area contributed by atoms with Gasteiger partial charge in [-0.3, -0.25) is 4.79 Å². The van der Waals surface area contributed by atoms with E-state index in [1.54, 1.807) is 24.3 Å². The predicted octanol–water partition coefficient (Wildman–Crippen LogP) is 4.90. The molecule has 0 aliphatic carbocycles. The second kappa shape index (κ2) is 6.83. The number of carbonyl (C=O) groups excluding carboxylic acids is 1. The van der Waals surface area contributed by atoms with Crippen LogP contribution >= 0.6 is 31.9 Å². The summed E-state index contributed by atoms with van der Waals surface area (Å²) in [7, 11) is 0. The molecule has 0 bridgehead atoms. The largest absolute Gasteiger partial charge is 0.294 e. The van der Waals surface area contributed by atoms with E-state index in [1.807, 2.05) is 24.3 Å². The molecule has 100 valence electrons. The SMILES string of the molecule is N#Cc1cccc(C(=O)CCc2c(Br)cccc2Br)c1. The lowest BCUT2D eigenvalue weighted by Crippen LogP contribution is -2.02. The van der Waals surface area contributed by atoms with E-state index < -0.39 is 0 Å². The van der Waals surface area contributed by atoms with E-state index in [4.69, 9.17) is 5.26 Å². The zero-order valence-corrected chi connectivity index (χ0v) is 13.7. The summed E-state index contributed by atoms with van der Waals surface area (Å²) in [5.74, 6) is 0.0461. The van der Waals surface area contributed by atoms with Crippen molar-refractivity contribution in [3.8, 4) is 6.07 Å². The molecule has 0 radical (unpaired) electrons. The molecule has 0 N–H and O–H groups in total. The number of hydrogen-bond acceptors (Lipinski definition) is 2. The standard InChI is InChI=1S/C16H11Br2NO/c17-14-5-2-6-15(18)13(14)7-8-16(20)12-4-1-3-11(9-12)10-19/h1-6,9H,7-8H2. The van der Waals surface area contributed by atoms with Gasteiger partial charge in [-0.25, -0.2) is 0 Å². The Hall–Kier alpha value is -1.44. The van der Waals surface area contributed by atoms with Gasteiger partial charge in [-0.05, 0) is 36.2 Å². The lowest BCUT2D eigenvalue weighted by atomic mass is 10.0. The molecule has 0 spiro atoms. The molecule has 0 fully saturated rings. The van der Waals surface area contributed by atoms with Crippen LogP contribution in [0.3, 0.4) is 0 Å². The van der Waals surface area contributed by atoms with Crippen LogP contribution in [0.4, 0.5) is 0 Å². The van der Waals surface area contributed by atoms with Crippen molar-refractivity contribution in [1.29, 1.82) is 5.26 Å². The molecule has 4 heteroatoms. The summed E-state index contributed by atoms with van der Waals surface area (Å²) >= 11 is 6.98. The molecular weight excluding hydrogens is 382 g/mol. The van der Waals surface area contributed by atoms with Gasteiger partial charge >= 0.3 is 0 Å². The van der Waals surface area contributed by atoms with Crippen molar-refractivity contribution in [2.45, 2.75) is 12.8 Å². The summed E-state index contributed by atoms with van der Waals surface area (Å²) < 4.78 is 1.98. The van der Waals surface area contributed by atoms with Gasteiger partial charge in [0.15, 0.2) is 5.78 Å². The van der Waals surface area contributed by atoms with Gasteiger partial charge in [0.25, 0.3) is 0 Å². The van der Waals surface area contributed by atoms with Crippen molar-refractivity contribution in [3.05, 3.63) is 68.1 Å². The molecule has 20 heavy (non-hydrogen) atoms.